The summed E-state index contributed by atoms with van der Waals surface area (Å²) in [6.45, 7) is 9.19. The van der Waals surface area contributed by atoms with Crippen LogP contribution in [0.3, 0.4) is 0 Å². The molecule has 28 heavy (non-hydrogen) atoms. The van der Waals surface area contributed by atoms with Crippen molar-refractivity contribution in [2.45, 2.75) is 44.4 Å². The normalized spacial score (nSPS) is 20.6. The van der Waals surface area contributed by atoms with E-state index in [1.54, 1.807) is 7.11 Å². The zero-order valence-electron chi connectivity index (χ0n) is 17.8. The van der Waals surface area contributed by atoms with E-state index in [0.29, 0.717) is 0 Å². The number of piperidine rings is 1. The lowest BCUT2D eigenvalue weighted by Gasteiger charge is -2.41. The molecule has 0 unspecified atom stereocenters. The van der Waals surface area contributed by atoms with Crippen molar-refractivity contribution < 1.29 is 4.74 Å². The maximum atomic E-state index is 5.20. The second kappa shape index (κ2) is 10.8. The molecule has 1 heterocycles. The van der Waals surface area contributed by atoms with Crippen molar-refractivity contribution in [2.24, 2.45) is 10.9 Å². The van der Waals surface area contributed by atoms with Crippen molar-refractivity contribution >= 4 is 5.96 Å². The first-order chi connectivity index (χ1) is 13.8. The van der Waals surface area contributed by atoms with Gasteiger partial charge in [-0.1, -0.05) is 36.8 Å². The molecule has 0 amide bonds. The lowest BCUT2D eigenvalue weighted by Crippen LogP contribution is -2.44. The summed E-state index contributed by atoms with van der Waals surface area (Å²) >= 11 is 0. The SMILES string of the molecule is CCNC(=NCC1(c2ccccc2)CCC1)NCC1CCN(CCOC)CC1. The second-order valence-electron chi connectivity index (χ2n) is 8.35. The first-order valence-electron chi connectivity index (χ1n) is 11.0. The van der Waals surface area contributed by atoms with Crippen LogP contribution in [0.15, 0.2) is 35.3 Å². The highest BCUT2D eigenvalue weighted by Gasteiger charge is 2.38. The van der Waals surface area contributed by atoms with Crippen LogP contribution in [0.25, 0.3) is 0 Å². The molecule has 2 aliphatic rings. The third kappa shape index (κ3) is 5.71. The van der Waals surface area contributed by atoms with Gasteiger partial charge in [0.25, 0.3) is 0 Å². The van der Waals surface area contributed by atoms with Crippen molar-refractivity contribution in [1.29, 1.82) is 0 Å². The van der Waals surface area contributed by atoms with E-state index in [4.69, 9.17) is 9.73 Å². The molecule has 1 saturated carbocycles. The first-order valence-corrected chi connectivity index (χ1v) is 11.0. The number of ether oxygens (including phenoxy) is 1. The highest BCUT2D eigenvalue weighted by molar-refractivity contribution is 5.79. The Balaban J connectivity index is 1.49. The fourth-order valence-electron chi connectivity index (χ4n) is 4.38. The number of nitrogens with one attached hydrogen (secondary N) is 2. The maximum absolute atomic E-state index is 5.20. The van der Waals surface area contributed by atoms with Crippen molar-refractivity contribution in [2.75, 3.05) is 53.0 Å². The van der Waals surface area contributed by atoms with Crippen LogP contribution < -0.4 is 10.6 Å². The molecule has 1 aliphatic carbocycles. The van der Waals surface area contributed by atoms with Gasteiger partial charge in [-0.3, -0.25) is 4.99 Å². The molecule has 0 atom stereocenters. The molecule has 0 spiro atoms. The van der Waals surface area contributed by atoms with Gasteiger partial charge < -0.3 is 20.3 Å². The molecular formula is C23H38N4O. The zero-order chi connectivity index (χ0) is 19.7. The Morgan fingerprint density at radius 1 is 1.18 bits per heavy atom. The van der Waals surface area contributed by atoms with E-state index in [1.165, 1.54) is 50.8 Å². The van der Waals surface area contributed by atoms with Crippen LogP contribution in [0.5, 0.6) is 0 Å². The number of rotatable bonds is 9. The monoisotopic (exact) mass is 386 g/mol. The Hall–Kier alpha value is -1.59. The Kier molecular flexibility index (Phi) is 8.16. The minimum atomic E-state index is 0.246. The highest BCUT2D eigenvalue weighted by Crippen LogP contribution is 2.43. The summed E-state index contributed by atoms with van der Waals surface area (Å²) < 4.78 is 5.20. The van der Waals surface area contributed by atoms with Gasteiger partial charge in [0.2, 0.25) is 0 Å². The van der Waals surface area contributed by atoms with Gasteiger partial charge in [-0.05, 0) is 57.2 Å². The van der Waals surface area contributed by atoms with E-state index in [2.05, 4.69) is 52.8 Å². The van der Waals surface area contributed by atoms with Crippen LogP contribution in [0, 0.1) is 5.92 Å². The van der Waals surface area contributed by atoms with Crippen LogP contribution >= 0.6 is 0 Å². The summed E-state index contributed by atoms with van der Waals surface area (Å²) in [5, 5.41) is 7.06. The number of nitrogens with zero attached hydrogens (tertiary/aromatic N) is 2. The molecule has 1 saturated heterocycles. The summed E-state index contributed by atoms with van der Waals surface area (Å²) in [5.74, 6) is 1.71. The van der Waals surface area contributed by atoms with Gasteiger partial charge in [-0.2, -0.15) is 0 Å². The van der Waals surface area contributed by atoms with E-state index in [1.807, 2.05) is 0 Å². The molecule has 2 N–H and O–H groups in total. The molecule has 2 fully saturated rings. The predicted molar refractivity (Wildman–Crippen MR) is 117 cm³/mol. The second-order valence-corrected chi connectivity index (χ2v) is 8.35. The van der Waals surface area contributed by atoms with Crippen LogP contribution in [0.2, 0.25) is 0 Å². The molecule has 1 aromatic carbocycles. The number of likely N-dealkylation sites (tertiary alicyclic amines) is 1. The molecule has 5 nitrogen and oxygen atoms in total. The summed E-state index contributed by atoms with van der Waals surface area (Å²) in [4.78, 5) is 7.50. The highest BCUT2D eigenvalue weighted by atomic mass is 16.5. The molecule has 1 aliphatic heterocycles. The molecule has 0 bridgehead atoms. The van der Waals surface area contributed by atoms with Crippen molar-refractivity contribution in [1.82, 2.24) is 15.5 Å². The standard InChI is InChI=1S/C23H38N4O/c1-3-24-22(25-18-20-10-14-27(15-11-20)16-17-28-2)26-19-23(12-7-13-23)21-8-5-4-6-9-21/h4-6,8-9,20H,3,7,10-19H2,1-2H3,(H2,24,25,26). The van der Waals surface area contributed by atoms with Crippen LogP contribution in [0.4, 0.5) is 0 Å². The minimum absolute atomic E-state index is 0.246. The third-order valence-electron chi connectivity index (χ3n) is 6.46. The topological polar surface area (TPSA) is 48.9 Å². The predicted octanol–water partition coefficient (Wildman–Crippen LogP) is 3.02. The van der Waals surface area contributed by atoms with Crippen LogP contribution in [-0.2, 0) is 10.2 Å². The van der Waals surface area contributed by atoms with Gasteiger partial charge in [0.15, 0.2) is 5.96 Å². The van der Waals surface area contributed by atoms with Crippen LogP contribution in [0.1, 0.15) is 44.6 Å². The average Bonchev–Trinajstić information content (AvgIpc) is 2.71. The fourth-order valence-corrected chi connectivity index (χ4v) is 4.38. The lowest BCUT2D eigenvalue weighted by atomic mass is 9.64. The molecule has 1 aromatic rings. The smallest absolute Gasteiger partial charge is 0.191 e. The van der Waals surface area contributed by atoms with Crippen molar-refractivity contribution in [3.8, 4) is 0 Å². The summed E-state index contributed by atoms with van der Waals surface area (Å²) in [6.07, 6.45) is 6.32. The van der Waals surface area contributed by atoms with Crippen LogP contribution in [-0.4, -0.2) is 63.8 Å². The number of hydrogen-bond donors (Lipinski definition) is 2. The van der Waals surface area contributed by atoms with Crippen molar-refractivity contribution in [3.63, 3.8) is 0 Å². The van der Waals surface area contributed by atoms with E-state index in [0.717, 1.165) is 44.7 Å². The van der Waals surface area contributed by atoms with Gasteiger partial charge in [0.05, 0.1) is 13.2 Å². The van der Waals surface area contributed by atoms with Gasteiger partial charge in [-0.25, -0.2) is 0 Å². The molecular weight excluding hydrogens is 348 g/mol. The number of benzene rings is 1. The fraction of sp³-hybridized carbons (Fsp3) is 0.696. The largest absolute Gasteiger partial charge is 0.383 e. The Morgan fingerprint density at radius 2 is 1.93 bits per heavy atom. The van der Waals surface area contributed by atoms with Gasteiger partial charge in [0.1, 0.15) is 0 Å². The van der Waals surface area contributed by atoms with Gasteiger partial charge in [0, 0.05) is 32.2 Å². The van der Waals surface area contributed by atoms with Crippen molar-refractivity contribution in [3.05, 3.63) is 35.9 Å². The zero-order valence-corrected chi connectivity index (χ0v) is 17.8. The van der Waals surface area contributed by atoms with E-state index in [-0.39, 0.29) is 5.41 Å². The molecule has 0 radical (unpaired) electrons. The van der Waals surface area contributed by atoms with E-state index in [9.17, 15) is 0 Å². The summed E-state index contributed by atoms with van der Waals surface area (Å²) in [7, 11) is 1.78. The average molecular weight is 387 g/mol. The molecule has 5 heteroatoms. The van der Waals surface area contributed by atoms with E-state index >= 15 is 0 Å². The summed E-state index contributed by atoms with van der Waals surface area (Å²) in [6, 6.07) is 11.0. The minimum Gasteiger partial charge on any atom is -0.383 e. The lowest BCUT2D eigenvalue weighted by molar-refractivity contribution is 0.121. The number of methoxy groups -OCH3 is 1. The number of guanidine groups is 1. The Morgan fingerprint density at radius 3 is 2.54 bits per heavy atom. The number of hydrogen-bond acceptors (Lipinski definition) is 3. The molecule has 156 valence electrons. The summed E-state index contributed by atoms with van der Waals surface area (Å²) in [5.41, 5.74) is 1.69. The molecule has 3 rings (SSSR count). The Labute approximate surface area is 170 Å². The maximum Gasteiger partial charge on any atom is 0.191 e. The third-order valence-corrected chi connectivity index (χ3v) is 6.46. The van der Waals surface area contributed by atoms with Gasteiger partial charge in [-0.15, -0.1) is 0 Å². The molecule has 0 aromatic heterocycles. The number of aliphatic imine (C=N–C) groups is 1. The van der Waals surface area contributed by atoms with Gasteiger partial charge >= 0.3 is 0 Å². The first kappa shape index (κ1) is 21.1. The quantitative estimate of drug-likeness (QED) is 0.506. The van der Waals surface area contributed by atoms with E-state index < -0.39 is 0 Å². The Bertz CT molecular complexity index is 592.